The SMILES string of the molecule is Cc1c(Cl)cc(Cl)cc1N1CCNC[C@@H]1C. The Hall–Kier alpha value is -0.440. The molecular weight excluding hydrogens is 243 g/mol. The molecule has 0 aliphatic carbocycles. The van der Waals surface area contributed by atoms with E-state index in [2.05, 4.69) is 17.1 Å². The van der Waals surface area contributed by atoms with E-state index in [0.29, 0.717) is 11.1 Å². The molecule has 16 heavy (non-hydrogen) atoms. The highest BCUT2D eigenvalue weighted by Crippen LogP contribution is 2.32. The van der Waals surface area contributed by atoms with Crippen molar-refractivity contribution in [1.82, 2.24) is 5.32 Å². The molecule has 1 aliphatic heterocycles. The van der Waals surface area contributed by atoms with Gasteiger partial charge in [0.25, 0.3) is 0 Å². The van der Waals surface area contributed by atoms with Crippen LogP contribution >= 0.6 is 23.2 Å². The molecule has 0 bridgehead atoms. The van der Waals surface area contributed by atoms with E-state index in [9.17, 15) is 0 Å². The monoisotopic (exact) mass is 258 g/mol. The van der Waals surface area contributed by atoms with Gasteiger partial charge in [0.2, 0.25) is 0 Å². The van der Waals surface area contributed by atoms with Crippen LogP contribution in [0.1, 0.15) is 12.5 Å². The summed E-state index contributed by atoms with van der Waals surface area (Å²) in [5, 5.41) is 4.82. The van der Waals surface area contributed by atoms with Crippen LogP contribution in [0, 0.1) is 6.92 Å². The van der Waals surface area contributed by atoms with Crippen molar-refractivity contribution < 1.29 is 0 Å². The first-order valence-corrected chi connectivity index (χ1v) is 6.28. The van der Waals surface area contributed by atoms with Gasteiger partial charge >= 0.3 is 0 Å². The molecule has 2 rings (SSSR count). The Morgan fingerprint density at radius 2 is 2.12 bits per heavy atom. The van der Waals surface area contributed by atoms with E-state index in [1.807, 2.05) is 13.0 Å². The molecule has 2 nitrogen and oxygen atoms in total. The predicted octanol–water partition coefficient (Wildman–Crippen LogP) is 3.10. The second-order valence-corrected chi connectivity index (χ2v) is 5.12. The number of halogens is 2. The van der Waals surface area contributed by atoms with E-state index in [4.69, 9.17) is 23.2 Å². The van der Waals surface area contributed by atoms with Crippen molar-refractivity contribution in [2.45, 2.75) is 19.9 Å². The van der Waals surface area contributed by atoms with Gasteiger partial charge in [0.15, 0.2) is 0 Å². The molecule has 0 unspecified atom stereocenters. The molecule has 1 fully saturated rings. The molecule has 0 saturated carbocycles. The van der Waals surface area contributed by atoms with Gasteiger partial charge in [-0.3, -0.25) is 0 Å². The predicted molar refractivity (Wildman–Crippen MR) is 70.9 cm³/mol. The summed E-state index contributed by atoms with van der Waals surface area (Å²) in [5.41, 5.74) is 2.27. The summed E-state index contributed by atoms with van der Waals surface area (Å²) in [6.07, 6.45) is 0. The maximum Gasteiger partial charge on any atom is 0.0470 e. The molecule has 1 saturated heterocycles. The lowest BCUT2D eigenvalue weighted by Gasteiger charge is -2.37. The van der Waals surface area contributed by atoms with E-state index in [0.717, 1.165) is 35.9 Å². The number of hydrogen-bond acceptors (Lipinski definition) is 2. The Kier molecular flexibility index (Phi) is 3.63. The second kappa shape index (κ2) is 4.82. The van der Waals surface area contributed by atoms with Gasteiger partial charge in [0, 0.05) is 41.4 Å². The van der Waals surface area contributed by atoms with Gasteiger partial charge in [-0.2, -0.15) is 0 Å². The minimum absolute atomic E-state index is 0.474. The summed E-state index contributed by atoms with van der Waals surface area (Å²) in [4.78, 5) is 2.36. The first kappa shape index (κ1) is 12.0. The summed E-state index contributed by atoms with van der Waals surface area (Å²) in [6.45, 7) is 7.26. The lowest BCUT2D eigenvalue weighted by atomic mass is 10.1. The lowest BCUT2D eigenvalue weighted by Crippen LogP contribution is -2.50. The maximum absolute atomic E-state index is 6.16. The van der Waals surface area contributed by atoms with Crippen molar-refractivity contribution in [2.24, 2.45) is 0 Å². The minimum Gasteiger partial charge on any atom is -0.366 e. The molecule has 0 radical (unpaired) electrons. The molecule has 1 aliphatic rings. The smallest absolute Gasteiger partial charge is 0.0470 e. The first-order chi connectivity index (χ1) is 7.59. The zero-order chi connectivity index (χ0) is 11.7. The molecule has 1 aromatic carbocycles. The zero-order valence-corrected chi connectivity index (χ0v) is 11.1. The molecule has 0 aromatic heterocycles. The van der Waals surface area contributed by atoms with Crippen LogP contribution in [-0.2, 0) is 0 Å². The van der Waals surface area contributed by atoms with Crippen molar-refractivity contribution in [3.63, 3.8) is 0 Å². The normalized spacial score (nSPS) is 21.2. The fourth-order valence-electron chi connectivity index (χ4n) is 2.13. The van der Waals surface area contributed by atoms with E-state index in [-0.39, 0.29) is 0 Å². The second-order valence-electron chi connectivity index (χ2n) is 4.28. The van der Waals surface area contributed by atoms with Gasteiger partial charge in [-0.05, 0) is 31.5 Å². The van der Waals surface area contributed by atoms with Crippen LogP contribution in [0.4, 0.5) is 5.69 Å². The number of nitrogens with zero attached hydrogens (tertiary/aromatic N) is 1. The standard InChI is InChI=1S/C12H16Cl2N2/c1-8-7-15-3-4-16(8)12-6-10(13)5-11(14)9(12)2/h5-6,8,15H,3-4,7H2,1-2H3/t8-/m0/s1. The fourth-order valence-corrected chi connectivity index (χ4v) is 2.61. The number of anilines is 1. The summed E-state index contributed by atoms with van der Waals surface area (Å²) < 4.78 is 0. The van der Waals surface area contributed by atoms with Crippen LogP contribution in [0.25, 0.3) is 0 Å². The summed E-state index contributed by atoms with van der Waals surface area (Å²) in [7, 11) is 0. The average Bonchev–Trinajstić information content (AvgIpc) is 2.24. The van der Waals surface area contributed by atoms with E-state index in [1.165, 1.54) is 0 Å². The molecule has 0 amide bonds. The van der Waals surface area contributed by atoms with Gasteiger partial charge in [0.1, 0.15) is 0 Å². The van der Waals surface area contributed by atoms with Gasteiger partial charge in [-0.15, -0.1) is 0 Å². The van der Waals surface area contributed by atoms with E-state index < -0.39 is 0 Å². The Morgan fingerprint density at radius 1 is 1.38 bits per heavy atom. The lowest BCUT2D eigenvalue weighted by molar-refractivity contribution is 0.500. The maximum atomic E-state index is 6.16. The molecule has 88 valence electrons. The third-order valence-electron chi connectivity index (χ3n) is 3.09. The number of piperazine rings is 1. The van der Waals surface area contributed by atoms with Crippen molar-refractivity contribution in [1.29, 1.82) is 0 Å². The average molecular weight is 259 g/mol. The van der Waals surface area contributed by atoms with Crippen molar-refractivity contribution in [3.8, 4) is 0 Å². The van der Waals surface area contributed by atoms with Crippen LogP contribution in [0.3, 0.4) is 0 Å². The van der Waals surface area contributed by atoms with Gasteiger partial charge in [0.05, 0.1) is 0 Å². The van der Waals surface area contributed by atoms with Crippen LogP contribution in [0.2, 0.25) is 10.0 Å². The Morgan fingerprint density at radius 3 is 2.81 bits per heavy atom. The van der Waals surface area contributed by atoms with E-state index in [1.54, 1.807) is 6.07 Å². The van der Waals surface area contributed by atoms with Crippen molar-refractivity contribution >= 4 is 28.9 Å². The topological polar surface area (TPSA) is 15.3 Å². The van der Waals surface area contributed by atoms with E-state index >= 15 is 0 Å². The molecule has 1 N–H and O–H groups in total. The first-order valence-electron chi connectivity index (χ1n) is 5.52. The molecule has 1 atom stereocenters. The van der Waals surface area contributed by atoms with Crippen LogP contribution < -0.4 is 10.2 Å². The number of rotatable bonds is 1. The number of benzene rings is 1. The molecule has 0 spiro atoms. The number of hydrogen-bond donors (Lipinski definition) is 1. The van der Waals surface area contributed by atoms with Crippen molar-refractivity contribution in [2.75, 3.05) is 24.5 Å². The Balaban J connectivity index is 2.38. The summed E-state index contributed by atoms with van der Waals surface area (Å²) in [5.74, 6) is 0. The van der Waals surface area contributed by atoms with Crippen molar-refractivity contribution in [3.05, 3.63) is 27.7 Å². The fraction of sp³-hybridized carbons (Fsp3) is 0.500. The molecule has 4 heteroatoms. The Bertz CT molecular complexity index is 393. The highest BCUT2D eigenvalue weighted by molar-refractivity contribution is 6.35. The Labute approximate surface area is 107 Å². The quantitative estimate of drug-likeness (QED) is 0.833. The molecule has 1 heterocycles. The highest BCUT2D eigenvalue weighted by atomic mass is 35.5. The summed E-state index contributed by atoms with van der Waals surface area (Å²) >= 11 is 12.2. The van der Waals surface area contributed by atoms with Gasteiger partial charge < -0.3 is 10.2 Å². The largest absolute Gasteiger partial charge is 0.366 e. The molecule has 1 aromatic rings. The highest BCUT2D eigenvalue weighted by Gasteiger charge is 2.20. The third kappa shape index (κ3) is 2.29. The van der Waals surface area contributed by atoms with Gasteiger partial charge in [-0.1, -0.05) is 23.2 Å². The number of nitrogens with one attached hydrogen (secondary N) is 1. The van der Waals surface area contributed by atoms with Crippen LogP contribution in [-0.4, -0.2) is 25.7 Å². The van der Waals surface area contributed by atoms with Crippen LogP contribution in [0.15, 0.2) is 12.1 Å². The summed E-state index contributed by atoms with van der Waals surface area (Å²) in [6, 6.07) is 4.28. The van der Waals surface area contributed by atoms with Crippen LogP contribution in [0.5, 0.6) is 0 Å². The molecular formula is C12H16Cl2N2. The minimum atomic E-state index is 0.474. The zero-order valence-electron chi connectivity index (χ0n) is 9.56. The third-order valence-corrected chi connectivity index (χ3v) is 3.70. The van der Waals surface area contributed by atoms with Gasteiger partial charge in [-0.25, -0.2) is 0 Å².